The largest absolute Gasteiger partial charge is 0.492 e. The maximum Gasteiger partial charge on any atom is 0.338 e. The third-order valence-electron chi connectivity index (χ3n) is 3.49. The Morgan fingerprint density at radius 2 is 1.92 bits per heavy atom. The molecule has 0 saturated carbocycles. The third-order valence-corrected chi connectivity index (χ3v) is 3.74. The Balaban J connectivity index is 1.75. The average molecular weight is 373 g/mol. The summed E-state index contributed by atoms with van der Waals surface area (Å²) in [6, 6.07) is 14.9. The minimum atomic E-state index is -0.652. The lowest BCUT2D eigenvalue weighted by Gasteiger charge is -2.17. The standard InChI is InChI=1S/C19H17ClN2O4/c1-22(9-10-25-17-7-5-16(20)6-8-17)18(23)13-26-19(24)15-4-2-3-14(11-15)12-21/h2-8,11H,9-10,13H2,1H3. The molecule has 0 unspecified atom stereocenters. The Morgan fingerprint density at radius 3 is 2.62 bits per heavy atom. The molecule has 0 aliphatic carbocycles. The van der Waals surface area contributed by atoms with E-state index in [1.54, 1.807) is 43.4 Å². The maximum absolute atomic E-state index is 12.0. The summed E-state index contributed by atoms with van der Waals surface area (Å²) in [5, 5.41) is 9.45. The fourth-order valence-electron chi connectivity index (χ4n) is 1.99. The molecule has 0 fully saturated rings. The van der Waals surface area contributed by atoms with Crippen molar-refractivity contribution in [3.05, 3.63) is 64.7 Å². The zero-order valence-corrected chi connectivity index (χ0v) is 14.9. The van der Waals surface area contributed by atoms with E-state index in [9.17, 15) is 9.59 Å². The molecule has 0 spiro atoms. The highest BCUT2D eigenvalue weighted by Crippen LogP contribution is 2.15. The molecule has 0 aromatic heterocycles. The van der Waals surface area contributed by atoms with Crippen molar-refractivity contribution in [2.75, 3.05) is 26.8 Å². The van der Waals surface area contributed by atoms with Crippen molar-refractivity contribution >= 4 is 23.5 Å². The van der Waals surface area contributed by atoms with Crippen LogP contribution in [0.25, 0.3) is 0 Å². The van der Waals surface area contributed by atoms with E-state index in [1.165, 1.54) is 17.0 Å². The van der Waals surface area contributed by atoms with E-state index in [-0.39, 0.29) is 18.1 Å². The summed E-state index contributed by atoms with van der Waals surface area (Å²) < 4.78 is 10.5. The van der Waals surface area contributed by atoms with Crippen molar-refractivity contribution in [2.24, 2.45) is 0 Å². The second-order valence-electron chi connectivity index (χ2n) is 5.39. The lowest BCUT2D eigenvalue weighted by Crippen LogP contribution is -2.34. The van der Waals surface area contributed by atoms with Crippen LogP contribution in [0.1, 0.15) is 15.9 Å². The average Bonchev–Trinajstić information content (AvgIpc) is 2.67. The van der Waals surface area contributed by atoms with Gasteiger partial charge in [0.2, 0.25) is 0 Å². The third kappa shape index (κ3) is 5.80. The maximum atomic E-state index is 12.0. The first-order valence-corrected chi connectivity index (χ1v) is 8.17. The first kappa shape index (κ1) is 19.3. The number of nitrogens with zero attached hydrogens (tertiary/aromatic N) is 2. The molecule has 0 heterocycles. The van der Waals surface area contributed by atoms with Gasteiger partial charge in [-0.15, -0.1) is 0 Å². The molecule has 0 radical (unpaired) electrons. The molecule has 0 aliphatic heterocycles. The number of nitriles is 1. The molecule has 2 aromatic carbocycles. The van der Waals surface area contributed by atoms with Gasteiger partial charge in [-0.25, -0.2) is 4.79 Å². The van der Waals surface area contributed by atoms with Gasteiger partial charge in [-0.3, -0.25) is 4.79 Å². The Kier molecular flexibility index (Phi) is 7.01. The predicted molar refractivity (Wildman–Crippen MR) is 96.0 cm³/mol. The summed E-state index contributed by atoms with van der Waals surface area (Å²) in [5.74, 6) is -0.352. The van der Waals surface area contributed by atoms with Crippen LogP contribution in [0.5, 0.6) is 5.75 Å². The normalized spacial score (nSPS) is 9.88. The van der Waals surface area contributed by atoms with Gasteiger partial charge in [0, 0.05) is 12.1 Å². The van der Waals surface area contributed by atoms with Gasteiger partial charge < -0.3 is 14.4 Å². The lowest BCUT2D eigenvalue weighted by atomic mass is 10.1. The second kappa shape index (κ2) is 9.44. The van der Waals surface area contributed by atoms with Crippen LogP contribution in [0.2, 0.25) is 5.02 Å². The first-order valence-electron chi connectivity index (χ1n) is 7.79. The summed E-state index contributed by atoms with van der Waals surface area (Å²) in [4.78, 5) is 25.4. The van der Waals surface area contributed by atoms with Gasteiger partial charge in [0.25, 0.3) is 5.91 Å². The Hall–Kier alpha value is -3.04. The van der Waals surface area contributed by atoms with Crippen LogP contribution in [0, 0.1) is 11.3 Å². The van der Waals surface area contributed by atoms with E-state index in [2.05, 4.69) is 0 Å². The number of carbonyl (C=O) groups is 2. The molecule has 134 valence electrons. The van der Waals surface area contributed by atoms with Crippen molar-refractivity contribution in [2.45, 2.75) is 0 Å². The van der Waals surface area contributed by atoms with Gasteiger partial charge in [0.1, 0.15) is 12.4 Å². The van der Waals surface area contributed by atoms with E-state index < -0.39 is 5.97 Å². The number of ether oxygens (including phenoxy) is 2. The van der Waals surface area contributed by atoms with Crippen molar-refractivity contribution in [3.8, 4) is 11.8 Å². The highest BCUT2D eigenvalue weighted by molar-refractivity contribution is 6.30. The predicted octanol–water partition coefficient (Wildman–Crippen LogP) is 2.91. The minimum absolute atomic E-state index is 0.227. The van der Waals surface area contributed by atoms with Crippen molar-refractivity contribution in [3.63, 3.8) is 0 Å². The molecule has 0 saturated heterocycles. The lowest BCUT2D eigenvalue weighted by molar-refractivity contribution is -0.133. The molecule has 0 N–H and O–H groups in total. The molecule has 7 heteroatoms. The minimum Gasteiger partial charge on any atom is -0.492 e. The summed E-state index contributed by atoms with van der Waals surface area (Å²) in [6.45, 7) is 0.248. The summed E-state index contributed by atoms with van der Waals surface area (Å²) in [7, 11) is 1.59. The molecule has 2 aromatic rings. The molecule has 26 heavy (non-hydrogen) atoms. The van der Waals surface area contributed by atoms with Crippen LogP contribution >= 0.6 is 11.6 Å². The number of carbonyl (C=O) groups excluding carboxylic acids is 2. The fraction of sp³-hybridized carbons (Fsp3) is 0.211. The van der Waals surface area contributed by atoms with Crippen molar-refractivity contribution in [1.29, 1.82) is 5.26 Å². The highest BCUT2D eigenvalue weighted by Gasteiger charge is 2.14. The zero-order valence-electron chi connectivity index (χ0n) is 14.1. The topological polar surface area (TPSA) is 79.6 Å². The number of hydrogen-bond donors (Lipinski definition) is 0. The number of halogens is 1. The van der Waals surface area contributed by atoms with Crippen LogP contribution < -0.4 is 4.74 Å². The fourth-order valence-corrected chi connectivity index (χ4v) is 2.12. The number of benzene rings is 2. The Morgan fingerprint density at radius 1 is 1.19 bits per heavy atom. The summed E-state index contributed by atoms with van der Waals surface area (Å²) in [5.41, 5.74) is 0.577. The van der Waals surface area contributed by atoms with Gasteiger partial charge in [-0.1, -0.05) is 17.7 Å². The van der Waals surface area contributed by atoms with Gasteiger partial charge in [-0.2, -0.15) is 5.26 Å². The van der Waals surface area contributed by atoms with Crippen LogP contribution in [-0.2, 0) is 9.53 Å². The highest BCUT2D eigenvalue weighted by atomic mass is 35.5. The number of hydrogen-bond acceptors (Lipinski definition) is 5. The molecular formula is C19H17ClN2O4. The second-order valence-corrected chi connectivity index (χ2v) is 5.82. The summed E-state index contributed by atoms with van der Waals surface area (Å²) in [6.07, 6.45) is 0. The molecule has 6 nitrogen and oxygen atoms in total. The smallest absolute Gasteiger partial charge is 0.338 e. The number of rotatable bonds is 7. The van der Waals surface area contributed by atoms with E-state index in [0.717, 1.165) is 0 Å². The van der Waals surface area contributed by atoms with Gasteiger partial charge in [0.15, 0.2) is 6.61 Å². The quantitative estimate of drug-likeness (QED) is 0.698. The number of amides is 1. The molecule has 0 aliphatic rings. The monoisotopic (exact) mass is 372 g/mol. The SMILES string of the molecule is CN(CCOc1ccc(Cl)cc1)C(=O)COC(=O)c1cccc(C#N)c1. The Labute approximate surface area is 156 Å². The van der Waals surface area contributed by atoms with Crippen LogP contribution in [0.4, 0.5) is 0 Å². The zero-order chi connectivity index (χ0) is 18.9. The van der Waals surface area contributed by atoms with E-state index >= 15 is 0 Å². The summed E-state index contributed by atoms with van der Waals surface area (Å²) >= 11 is 5.79. The van der Waals surface area contributed by atoms with E-state index in [0.29, 0.717) is 29.5 Å². The Bertz CT molecular complexity index is 815. The molecule has 0 atom stereocenters. The van der Waals surface area contributed by atoms with Crippen molar-refractivity contribution < 1.29 is 19.1 Å². The molecular weight excluding hydrogens is 356 g/mol. The van der Waals surface area contributed by atoms with Gasteiger partial charge >= 0.3 is 5.97 Å². The van der Waals surface area contributed by atoms with Gasteiger partial charge in [-0.05, 0) is 42.5 Å². The number of esters is 1. The van der Waals surface area contributed by atoms with Crippen molar-refractivity contribution in [1.82, 2.24) is 4.90 Å². The molecule has 2 rings (SSSR count). The van der Waals surface area contributed by atoms with E-state index in [4.69, 9.17) is 26.3 Å². The van der Waals surface area contributed by atoms with Crippen LogP contribution in [-0.4, -0.2) is 43.6 Å². The van der Waals surface area contributed by atoms with Crippen LogP contribution in [0.15, 0.2) is 48.5 Å². The molecule has 0 bridgehead atoms. The van der Waals surface area contributed by atoms with Gasteiger partial charge in [0.05, 0.1) is 23.7 Å². The molecule has 1 amide bonds. The number of likely N-dealkylation sites (N-methyl/N-ethyl adjacent to an activating group) is 1. The first-order chi connectivity index (χ1) is 12.5. The van der Waals surface area contributed by atoms with E-state index in [1.807, 2.05) is 6.07 Å². The van der Waals surface area contributed by atoms with Crippen LogP contribution in [0.3, 0.4) is 0 Å².